The molecule has 0 aliphatic heterocycles. The van der Waals surface area contributed by atoms with E-state index in [4.69, 9.17) is 16.2 Å². The Labute approximate surface area is 97.9 Å². The summed E-state index contributed by atoms with van der Waals surface area (Å²) in [6, 6.07) is 0. The van der Waals surface area contributed by atoms with Crippen LogP contribution in [-0.4, -0.2) is 41.4 Å². The maximum atomic E-state index is 11.6. The van der Waals surface area contributed by atoms with E-state index in [1.165, 1.54) is 10.9 Å². The second-order valence-corrected chi connectivity index (χ2v) is 3.35. The maximum absolute atomic E-state index is 11.6. The van der Waals surface area contributed by atoms with Crippen molar-refractivity contribution in [1.29, 1.82) is 0 Å². The SMILES string of the molecule is Cn1ncc(N)c1C(=O)NCCOCC(N)=O. The van der Waals surface area contributed by atoms with Crippen molar-refractivity contribution >= 4 is 17.5 Å². The fourth-order valence-corrected chi connectivity index (χ4v) is 1.23. The van der Waals surface area contributed by atoms with Gasteiger partial charge in [0.15, 0.2) is 0 Å². The molecule has 2 amide bonds. The summed E-state index contributed by atoms with van der Waals surface area (Å²) < 4.78 is 6.26. The van der Waals surface area contributed by atoms with E-state index in [0.717, 1.165) is 0 Å². The molecule has 0 unspecified atom stereocenters. The zero-order chi connectivity index (χ0) is 12.8. The van der Waals surface area contributed by atoms with Crippen molar-refractivity contribution in [2.45, 2.75) is 0 Å². The number of anilines is 1. The van der Waals surface area contributed by atoms with Crippen LogP contribution in [0.3, 0.4) is 0 Å². The van der Waals surface area contributed by atoms with Gasteiger partial charge in [-0.25, -0.2) is 0 Å². The Morgan fingerprint density at radius 1 is 1.59 bits per heavy atom. The number of carbonyl (C=O) groups excluding carboxylic acids is 2. The lowest BCUT2D eigenvalue weighted by Gasteiger charge is -2.06. The van der Waals surface area contributed by atoms with Gasteiger partial charge in [-0.1, -0.05) is 0 Å². The van der Waals surface area contributed by atoms with Crippen LogP contribution in [0.1, 0.15) is 10.5 Å². The van der Waals surface area contributed by atoms with Crippen LogP contribution in [-0.2, 0) is 16.6 Å². The molecule has 94 valence electrons. The van der Waals surface area contributed by atoms with Crippen LogP contribution in [0.15, 0.2) is 6.20 Å². The maximum Gasteiger partial charge on any atom is 0.271 e. The molecule has 0 aliphatic rings. The van der Waals surface area contributed by atoms with E-state index < -0.39 is 5.91 Å². The van der Waals surface area contributed by atoms with Gasteiger partial charge >= 0.3 is 0 Å². The minimum absolute atomic E-state index is 0.163. The summed E-state index contributed by atoms with van der Waals surface area (Å²) >= 11 is 0. The summed E-state index contributed by atoms with van der Waals surface area (Å²) in [4.78, 5) is 22.0. The predicted octanol–water partition coefficient (Wildman–Crippen LogP) is -1.77. The Morgan fingerprint density at radius 2 is 2.29 bits per heavy atom. The Balaban J connectivity index is 2.33. The molecule has 8 heteroatoms. The largest absolute Gasteiger partial charge is 0.396 e. The van der Waals surface area contributed by atoms with Crippen LogP contribution in [0.5, 0.6) is 0 Å². The first-order valence-corrected chi connectivity index (χ1v) is 4.94. The number of rotatable bonds is 6. The smallest absolute Gasteiger partial charge is 0.271 e. The second-order valence-electron chi connectivity index (χ2n) is 3.35. The number of aryl methyl sites for hydroxylation is 1. The molecule has 0 fully saturated rings. The minimum atomic E-state index is -0.549. The Hall–Kier alpha value is -2.09. The van der Waals surface area contributed by atoms with Crippen LogP contribution in [0.4, 0.5) is 5.69 Å². The molecule has 1 heterocycles. The van der Waals surface area contributed by atoms with E-state index >= 15 is 0 Å². The zero-order valence-corrected chi connectivity index (χ0v) is 9.47. The molecule has 17 heavy (non-hydrogen) atoms. The summed E-state index contributed by atoms with van der Waals surface area (Å²) in [5.41, 5.74) is 11.0. The number of hydrogen-bond acceptors (Lipinski definition) is 5. The number of carbonyl (C=O) groups is 2. The average molecular weight is 241 g/mol. The fraction of sp³-hybridized carbons (Fsp3) is 0.444. The zero-order valence-electron chi connectivity index (χ0n) is 9.47. The molecule has 0 atom stereocenters. The van der Waals surface area contributed by atoms with Crippen molar-refractivity contribution in [3.63, 3.8) is 0 Å². The molecule has 0 saturated carbocycles. The highest BCUT2D eigenvalue weighted by Gasteiger charge is 2.13. The monoisotopic (exact) mass is 241 g/mol. The minimum Gasteiger partial charge on any atom is -0.396 e. The molecular weight excluding hydrogens is 226 g/mol. The predicted molar refractivity (Wildman–Crippen MR) is 60.0 cm³/mol. The van der Waals surface area contributed by atoms with E-state index in [1.807, 2.05) is 0 Å². The summed E-state index contributed by atoms with van der Waals surface area (Å²) in [6.45, 7) is 0.299. The number of primary amides is 1. The van der Waals surface area contributed by atoms with Gasteiger partial charge < -0.3 is 21.5 Å². The van der Waals surface area contributed by atoms with Crippen LogP contribution in [0.2, 0.25) is 0 Å². The van der Waals surface area contributed by atoms with E-state index in [0.29, 0.717) is 11.4 Å². The van der Waals surface area contributed by atoms with Gasteiger partial charge in [-0.05, 0) is 0 Å². The number of hydrogen-bond donors (Lipinski definition) is 3. The highest BCUT2D eigenvalue weighted by atomic mass is 16.5. The molecule has 0 spiro atoms. The number of nitrogens with one attached hydrogen (secondary N) is 1. The van der Waals surface area contributed by atoms with E-state index in [-0.39, 0.29) is 25.7 Å². The quantitative estimate of drug-likeness (QED) is 0.508. The van der Waals surface area contributed by atoms with Crippen molar-refractivity contribution < 1.29 is 14.3 Å². The number of ether oxygens (including phenoxy) is 1. The molecule has 5 N–H and O–H groups in total. The van der Waals surface area contributed by atoms with Crippen molar-refractivity contribution in [2.24, 2.45) is 12.8 Å². The van der Waals surface area contributed by atoms with E-state index in [1.54, 1.807) is 7.05 Å². The fourth-order valence-electron chi connectivity index (χ4n) is 1.23. The summed E-state index contributed by atoms with van der Waals surface area (Å²) in [5.74, 6) is -0.891. The lowest BCUT2D eigenvalue weighted by atomic mass is 10.3. The molecule has 1 aromatic rings. The van der Waals surface area contributed by atoms with Gasteiger partial charge in [0.25, 0.3) is 5.91 Å². The van der Waals surface area contributed by atoms with Gasteiger partial charge in [-0.3, -0.25) is 14.3 Å². The van der Waals surface area contributed by atoms with Crippen molar-refractivity contribution in [3.05, 3.63) is 11.9 Å². The number of aromatic nitrogens is 2. The third-order valence-corrected chi connectivity index (χ3v) is 1.96. The highest BCUT2D eigenvalue weighted by Crippen LogP contribution is 2.08. The molecule has 0 aliphatic carbocycles. The number of nitrogens with two attached hydrogens (primary N) is 2. The van der Waals surface area contributed by atoms with E-state index in [2.05, 4.69) is 10.4 Å². The normalized spacial score (nSPS) is 10.2. The summed E-state index contributed by atoms with van der Waals surface area (Å²) in [5, 5.41) is 6.43. The van der Waals surface area contributed by atoms with Gasteiger partial charge in [-0.15, -0.1) is 0 Å². The average Bonchev–Trinajstić information content (AvgIpc) is 2.57. The number of nitrogen functional groups attached to an aromatic ring is 1. The van der Waals surface area contributed by atoms with Gasteiger partial charge in [0.05, 0.1) is 18.5 Å². The molecule has 0 radical (unpaired) electrons. The lowest BCUT2D eigenvalue weighted by molar-refractivity contribution is -0.122. The number of amides is 2. The molecular formula is C9H15N5O3. The van der Waals surface area contributed by atoms with Gasteiger partial charge in [0.1, 0.15) is 12.3 Å². The first-order chi connectivity index (χ1) is 8.02. The first kappa shape index (κ1) is 13.0. The lowest BCUT2D eigenvalue weighted by Crippen LogP contribution is -2.30. The van der Waals surface area contributed by atoms with Crippen LogP contribution >= 0.6 is 0 Å². The molecule has 8 nitrogen and oxygen atoms in total. The summed E-state index contributed by atoms with van der Waals surface area (Å²) in [6.07, 6.45) is 1.40. The van der Waals surface area contributed by atoms with E-state index in [9.17, 15) is 9.59 Å². The van der Waals surface area contributed by atoms with Crippen LogP contribution in [0, 0.1) is 0 Å². The second kappa shape index (κ2) is 5.85. The first-order valence-electron chi connectivity index (χ1n) is 4.94. The molecule has 0 bridgehead atoms. The van der Waals surface area contributed by atoms with Crippen molar-refractivity contribution in [2.75, 3.05) is 25.5 Å². The Kier molecular flexibility index (Phi) is 4.46. The third-order valence-electron chi connectivity index (χ3n) is 1.96. The third kappa shape index (κ3) is 3.76. The topological polar surface area (TPSA) is 125 Å². The van der Waals surface area contributed by atoms with Gasteiger partial charge in [0, 0.05) is 13.6 Å². The molecule has 1 rings (SSSR count). The Bertz CT molecular complexity index is 395. The molecule has 0 saturated heterocycles. The van der Waals surface area contributed by atoms with Crippen molar-refractivity contribution in [1.82, 2.24) is 15.1 Å². The highest BCUT2D eigenvalue weighted by molar-refractivity contribution is 5.97. The molecule has 0 aromatic carbocycles. The van der Waals surface area contributed by atoms with Crippen LogP contribution < -0.4 is 16.8 Å². The van der Waals surface area contributed by atoms with Crippen molar-refractivity contribution in [3.8, 4) is 0 Å². The standard InChI is InChI=1S/C9H15N5O3/c1-14-8(6(10)4-13-14)9(16)12-2-3-17-5-7(11)15/h4H,2-3,5,10H2,1H3,(H2,11,15)(H,12,16). The molecule has 1 aromatic heterocycles. The van der Waals surface area contributed by atoms with Crippen LogP contribution in [0.25, 0.3) is 0 Å². The number of nitrogens with zero attached hydrogens (tertiary/aromatic N) is 2. The Morgan fingerprint density at radius 3 is 2.82 bits per heavy atom. The van der Waals surface area contributed by atoms with Gasteiger partial charge in [0.2, 0.25) is 5.91 Å². The van der Waals surface area contributed by atoms with Gasteiger partial charge in [-0.2, -0.15) is 5.10 Å². The summed E-state index contributed by atoms with van der Waals surface area (Å²) in [7, 11) is 1.62.